The van der Waals surface area contributed by atoms with Crippen molar-refractivity contribution in [2.75, 3.05) is 11.9 Å². The van der Waals surface area contributed by atoms with E-state index in [0.717, 1.165) is 32.3 Å². The lowest BCUT2D eigenvalue weighted by Crippen LogP contribution is -2.20. The van der Waals surface area contributed by atoms with Crippen LogP contribution in [0.15, 0.2) is 30.6 Å². The molecule has 2 aromatic heterocycles. The topological polar surface area (TPSA) is 64.1 Å². The minimum Gasteiger partial charge on any atom is -0.467 e. The number of nitrogens with zero attached hydrogens (tertiary/aromatic N) is 2. The molecule has 0 saturated carbocycles. The monoisotopic (exact) mass is 451 g/mol. The van der Waals surface area contributed by atoms with E-state index in [0.29, 0.717) is 5.88 Å². The summed E-state index contributed by atoms with van der Waals surface area (Å²) in [5.41, 5.74) is 2.06. The summed E-state index contributed by atoms with van der Waals surface area (Å²) in [6.07, 6.45) is 4.80. The van der Waals surface area contributed by atoms with Crippen LogP contribution in [0.4, 0.5) is 5.69 Å². The Balaban J connectivity index is 1.50. The molecule has 0 saturated heterocycles. The van der Waals surface area contributed by atoms with Crippen LogP contribution in [0.3, 0.4) is 0 Å². The van der Waals surface area contributed by atoms with Crippen molar-refractivity contribution in [3.05, 3.63) is 44.6 Å². The van der Waals surface area contributed by atoms with E-state index < -0.39 is 0 Å². The van der Waals surface area contributed by atoms with Crippen LogP contribution in [-0.2, 0) is 17.6 Å². The standard InChI is InChI=1S/C17H14IN3O2S/c18-10-3-1-4-11(7-10)21-14(22)8-23-16-15-12-5-2-6-13(12)24-17(15)20-9-19-16/h1,3-4,7,9H,2,5-6,8H2,(H,21,22). The van der Waals surface area contributed by atoms with Gasteiger partial charge in [-0.2, -0.15) is 0 Å². The number of aromatic nitrogens is 2. The van der Waals surface area contributed by atoms with E-state index >= 15 is 0 Å². The van der Waals surface area contributed by atoms with E-state index in [4.69, 9.17) is 4.74 Å². The summed E-state index contributed by atoms with van der Waals surface area (Å²) < 4.78 is 6.78. The smallest absolute Gasteiger partial charge is 0.262 e. The molecule has 3 aromatic rings. The summed E-state index contributed by atoms with van der Waals surface area (Å²) in [5, 5.41) is 3.82. The van der Waals surface area contributed by atoms with Crippen molar-refractivity contribution in [2.45, 2.75) is 19.3 Å². The maximum Gasteiger partial charge on any atom is 0.262 e. The molecular weight excluding hydrogens is 437 g/mol. The molecule has 0 bridgehead atoms. The molecule has 2 heterocycles. The van der Waals surface area contributed by atoms with Crippen molar-refractivity contribution in [1.82, 2.24) is 9.97 Å². The fourth-order valence-corrected chi connectivity index (χ4v) is 4.67. The summed E-state index contributed by atoms with van der Waals surface area (Å²) in [6.45, 7) is -0.0673. The molecular formula is C17H14IN3O2S. The third kappa shape index (κ3) is 3.10. The molecule has 1 N–H and O–H groups in total. The van der Waals surface area contributed by atoms with E-state index in [2.05, 4.69) is 37.9 Å². The van der Waals surface area contributed by atoms with Gasteiger partial charge in [0.05, 0.1) is 5.39 Å². The molecule has 24 heavy (non-hydrogen) atoms. The molecule has 1 aliphatic carbocycles. The minimum atomic E-state index is -0.198. The first kappa shape index (κ1) is 15.8. The normalized spacial score (nSPS) is 13.0. The second kappa shape index (κ2) is 6.64. The number of carbonyl (C=O) groups is 1. The van der Waals surface area contributed by atoms with Gasteiger partial charge in [-0.1, -0.05) is 6.07 Å². The zero-order valence-corrected chi connectivity index (χ0v) is 15.7. The number of carbonyl (C=O) groups excluding carboxylic acids is 1. The zero-order valence-electron chi connectivity index (χ0n) is 12.7. The highest BCUT2D eigenvalue weighted by atomic mass is 127. The third-order valence-electron chi connectivity index (χ3n) is 3.91. The number of anilines is 1. The Hall–Kier alpha value is -1.74. The summed E-state index contributed by atoms with van der Waals surface area (Å²) in [4.78, 5) is 23.0. The Bertz CT molecular complexity index is 925. The van der Waals surface area contributed by atoms with Crippen LogP contribution in [0.25, 0.3) is 10.2 Å². The number of benzene rings is 1. The predicted molar refractivity (Wildman–Crippen MR) is 103 cm³/mol. The largest absolute Gasteiger partial charge is 0.467 e. The van der Waals surface area contributed by atoms with Crippen molar-refractivity contribution in [1.29, 1.82) is 0 Å². The van der Waals surface area contributed by atoms with E-state index in [1.165, 1.54) is 23.2 Å². The number of thiophene rings is 1. The molecule has 1 amide bonds. The average molecular weight is 451 g/mol. The fourth-order valence-electron chi connectivity index (χ4n) is 2.91. The second-order valence-electron chi connectivity index (χ2n) is 5.56. The molecule has 0 spiro atoms. The lowest BCUT2D eigenvalue weighted by atomic mass is 10.2. The minimum absolute atomic E-state index is 0.0673. The van der Waals surface area contributed by atoms with Gasteiger partial charge in [0, 0.05) is 14.1 Å². The van der Waals surface area contributed by atoms with Crippen LogP contribution in [0.2, 0.25) is 0 Å². The van der Waals surface area contributed by atoms with Gasteiger partial charge in [-0.3, -0.25) is 4.79 Å². The highest BCUT2D eigenvalue weighted by molar-refractivity contribution is 14.1. The number of halogens is 1. The van der Waals surface area contributed by atoms with Gasteiger partial charge in [-0.05, 0) is 65.6 Å². The molecule has 0 radical (unpaired) electrons. The second-order valence-corrected chi connectivity index (χ2v) is 7.89. The molecule has 0 aliphatic heterocycles. The molecule has 122 valence electrons. The number of hydrogen-bond donors (Lipinski definition) is 1. The van der Waals surface area contributed by atoms with E-state index in [1.54, 1.807) is 11.3 Å². The molecule has 0 fully saturated rings. The van der Waals surface area contributed by atoms with Crippen molar-refractivity contribution in [2.24, 2.45) is 0 Å². The van der Waals surface area contributed by atoms with Gasteiger partial charge in [-0.15, -0.1) is 11.3 Å². The maximum atomic E-state index is 12.1. The van der Waals surface area contributed by atoms with E-state index in [9.17, 15) is 4.79 Å². The first-order valence-corrected chi connectivity index (χ1v) is 9.54. The Morgan fingerprint density at radius 2 is 2.25 bits per heavy atom. The number of nitrogens with one attached hydrogen (secondary N) is 1. The van der Waals surface area contributed by atoms with Gasteiger partial charge in [0.25, 0.3) is 5.91 Å². The molecule has 4 rings (SSSR count). The van der Waals surface area contributed by atoms with Gasteiger partial charge in [0.15, 0.2) is 6.61 Å². The third-order valence-corrected chi connectivity index (χ3v) is 5.79. The van der Waals surface area contributed by atoms with Crippen molar-refractivity contribution < 1.29 is 9.53 Å². The summed E-state index contributed by atoms with van der Waals surface area (Å²) >= 11 is 3.92. The fraction of sp³-hybridized carbons (Fsp3) is 0.235. The number of aryl methyl sites for hydroxylation is 2. The van der Waals surface area contributed by atoms with Crippen molar-refractivity contribution in [3.63, 3.8) is 0 Å². The summed E-state index contributed by atoms with van der Waals surface area (Å²) in [7, 11) is 0. The summed E-state index contributed by atoms with van der Waals surface area (Å²) in [5.74, 6) is 0.313. The molecule has 1 aliphatic rings. The number of ether oxygens (including phenoxy) is 1. The Morgan fingerprint density at radius 1 is 1.33 bits per heavy atom. The zero-order chi connectivity index (χ0) is 16.5. The number of amides is 1. The first-order chi connectivity index (χ1) is 11.7. The van der Waals surface area contributed by atoms with Crippen LogP contribution in [-0.4, -0.2) is 22.5 Å². The highest BCUT2D eigenvalue weighted by Crippen LogP contribution is 2.39. The lowest BCUT2D eigenvalue weighted by molar-refractivity contribution is -0.118. The highest BCUT2D eigenvalue weighted by Gasteiger charge is 2.22. The Labute approximate surface area is 156 Å². The SMILES string of the molecule is O=C(COc1ncnc2sc3c(c12)CCC3)Nc1cccc(I)c1. The lowest BCUT2D eigenvalue weighted by Gasteiger charge is -2.08. The predicted octanol–water partition coefficient (Wildman–Crippen LogP) is 3.80. The van der Waals surface area contributed by atoms with Crippen molar-refractivity contribution >= 4 is 55.7 Å². The Kier molecular flexibility index (Phi) is 4.36. The summed E-state index contributed by atoms with van der Waals surface area (Å²) in [6, 6.07) is 7.64. The number of hydrogen-bond acceptors (Lipinski definition) is 5. The Morgan fingerprint density at radius 3 is 3.12 bits per heavy atom. The van der Waals surface area contributed by atoms with Gasteiger partial charge in [-0.25, -0.2) is 9.97 Å². The van der Waals surface area contributed by atoms with Gasteiger partial charge in [0.2, 0.25) is 5.88 Å². The van der Waals surface area contributed by atoms with Crippen LogP contribution in [0.1, 0.15) is 16.9 Å². The first-order valence-electron chi connectivity index (χ1n) is 7.64. The molecule has 0 unspecified atom stereocenters. The molecule has 5 nitrogen and oxygen atoms in total. The van der Waals surface area contributed by atoms with E-state index in [-0.39, 0.29) is 12.5 Å². The van der Waals surface area contributed by atoms with Gasteiger partial charge < -0.3 is 10.1 Å². The van der Waals surface area contributed by atoms with Gasteiger partial charge in [0.1, 0.15) is 11.2 Å². The molecule has 0 atom stereocenters. The van der Waals surface area contributed by atoms with Crippen LogP contribution >= 0.6 is 33.9 Å². The quantitative estimate of drug-likeness (QED) is 0.613. The van der Waals surface area contributed by atoms with Crippen LogP contribution in [0, 0.1) is 3.57 Å². The number of rotatable bonds is 4. The van der Waals surface area contributed by atoms with Crippen LogP contribution in [0.5, 0.6) is 5.88 Å². The van der Waals surface area contributed by atoms with E-state index in [1.807, 2.05) is 24.3 Å². The number of fused-ring (bicyclic) bond motifs is 3. The molecule has 7 heteroatoms. The maximum absolute atomic E-state index is 12.1. The van der Waals surface area contributed by atoms with Crippen molar-refractivity contribution in [3.8, 4) is 5.88 Å². The molecule has 1 aromatic carbocycles. The average Bonchev–Trinajstić information content (AvgIpc) is 3.13. The van der Waals surface area contributed by atoms with Crippen LogP contribution < -0.4 is 10.1 Å². The van der Waals surface area contributed by atoms with Gasteiger partial charge >= 0.3 is 0 Å².